The Labute approximate surface area is 96.4 Å². The normalized spacial score (nSPS) is 15.1. The van der Waals surface area contributed by atoms with Crippen LogP contribution in [0.4, 0.5) is 13.2 Å². The van der Waals surface area contributed by atoms with Gasteiger partial charge in [0.1, 0.15) is 11.8 Å². The van der Waals surface area contributed by atoms with E-state index in [0.717, 1.165) is 6.92 Å². The van der Waals surface area contributed by atoms with E-state index in [1.165, 1.54) is 12.1 Å². The summed E-state index contributed by atoms with van der Waals surface area (Å²) in [7, 11) is 0. The van der Waals surface area contributed by atoms with Crippen LogP contribution in [0.5, 0.6) is 5.75 Å². The first-order valence-electron chi connectivity index (χ1n) is 4.91. The van der Waals surface area contributed by atoms with Crippen molar-refractivity contribution in [1.82, 2.24) is 0 Å². The fraction of sp³-hybridized carbons (Fsp3) is 0.364. The maximum atomic E-state index is 12.3. The summed E-state index contributed by atoms with van der Waals surface area (Å²) in [5.41, 5.74) is 4.92. The van der Waals surface area contributed by atoms with Gasteiger partial charge in [0.05, 0.1) is 5.92 Å². The number of hydrogen-bond donors (Lipinski definition) is 1. The fourth-order valence-corrected chi connectivity index (χ4v) is 1.13. The molecule has 0 aliphatic rings. The van der Waals surface area contributed by atoms with Gasteiger partial charge in [-0.1, -0.05) is 25.1 Å². The Bertz CT molecular complexity index is 378. The number of ether oxygens (including phenoxy) is 1. The molecule has 0 unspecified atom stereocenters. The second-order valence-corrected chi connectivity index (χ2v) is 3.59. The zero-order valence-corrected chi connectivity index (χ0v) is 9.07. The van der Waals surface area contributed by atoms with E-state index in [2.05, 4.69) is 0 Å². The molecular formula is C11H12F3NO2. The Morgan fingerprint density at radius 3 is 2.29 bits per heavy atom. The van der Waals surface area contributed by atoms with Crippen molar-refractivity contribution in [2.75, 3.05) is 0 Å². The lowest BCUT2D eigenvalue weighted by Crippen LogP contribution is -2.46. The molecule has 0 spiro atoms. The van der Waals surface area contributed by atoms with Crippen LogP contribution < -0.4 is 10.5 Å². The molecule has 0 saturated heterocycles. The highest BCUT2D eigenvalue weighted by Crippen LogP contribution is 2.25. The molecule has 2 atom stereocenters. The molecular weight excluding hydrogens is 235 g/mol. The number of esters is 1. The van der Waals surface area contributed by atoms with Crippen LogP contribution in [-0.2, 0) is 4.79 Å². The van der Waals surface area contributed by atoms with E-state index in [9.17, 15) is 18.0 Å². The van der Waals surface area contributed by atoms with Crippen molar-refractivity contribution in [1.29, 1.82) is 0 Å². The SMILES string of the molecule is C[C@H](C(=O)Oc1ccccc1)[C@H](N)C(F)(F)F. The van der Waals surface area contributed by atoms with Crippen LogP contribution in [-0.4, -0.2) is 18.2 Å². The summed E-state index contributed by atoms with van der Waals surface area (Å²) in [6.45, 7) is 1.09. The van der Waals surface area contributed by atoms with Crippen LogP contribution in [0.25, 0.3) is 0 Å². The maximum Gasteiger partial charge on any atom is 0.404 e. The van der Waals surface area contributed by atoms with Gasteiger partial charge in [0.25, 0.3) is 0 Å². The molecule has 1 aromatic rings. The van der Waals surface area contributed by atoms with Crippen molar-refractivity contribution in [3.63, 3.8) is 0 Å². The van der Waals surface area contributed by atoms with E-state index < -0.39 is 24.1 Å². The summed E-state index contributed by atoms with van der Waals surface area (Å²) in [6, 6.07) is 5.64. The molecule has 0 saturated carbocycles. The van der Waals surface area contributed by atoms with Crippen LogP contribution in [0.15, 0.2) is 30.3 Å². The number of para-hydroxylation sites is 1. The average molecular weight is 247 g/mol. The average Bonchev–Trinajstić information content (AvgIpc) is 2.27. The minimum atomic E-state index is -4.62. The first kappa shape index (κ1) is 13.5. The zero-order chi connectivity index (χ0) is 13.1. The predicted molar refractivity (Wildman–Crippen MR) is 55.3 cm³/mol. The molecule has 0 aliphatic carbocycles. The fourth-order valence-electron chi connectivity index (χ4n) is 1.13. The number of benzene rings is 1. The molecule has 1 rings (SSSR count). The Hall–Kier alpha value is -1.56. The topological polar surface area (TPSA) is 52.3 Å². The molecule has 0 heterocycles. The standard InChI is InChI=1S/C11H12F3NO2/c1-7(9(15)11(12,13)14)10(16)17-8-5-3-2-4-6-8/h2-7,9H,15H2,1H3/t7-,9-/m0/s1. The summed E-state index contributed by atoms with van der Waals surface area (Å²) in [4.78, 5) is 11.4. The summed E-state index contributed by atoms with van der Waals surface area (Å²) in [5, 5.41) is 0. The number of rotatable bonds is 3. The molecule has 0 bridgehead atoms. The lowest BCUT2D eigenvalue weighted by molar-refractivity contribution is -0.169. The molecule has 17 heavy (non-hydrogen) atoms. The van der Waals surface area contributed by atoms with Crippen molar-refractivity contribution in [2.24, 2.45) is 11.7 Å². The smallest absolute Gasteiger partial charge is 0.404 e. The van der Waals surface area contributed by atoms with Crippen molar-refractivity contribution in [2.45, 2.75) is 19.1 Å². The number of alkyl halides is 3. The van der Waals surface area contributed by atoms with E-state index >= 15 is 0 Å². The Kier molecular flexibility index (Phi) is 4.11. The molecule has 0 fully saturated rings. The van der Waals surface area contributed by atoms with Gasteiger partial charge in [0, 0.05) is 0 Å². The van der Waals surface area contributed by atoms with Gasteiger partial charge in [0.15, 0.2) is 0 Å². The van der Waals surface area contributed by atoms with Crippen LogP contribution in [0.1, 0.15) is 6.92 Å². The molecule has 3 nitrogen and oxygen atoms in total. The van der Waals surface area contributed by atoms with E-state index in [1.807, 2.05) is 0 Å². The van der Waals surface area contributed by atoms with E-state index in [-0.39, 0.29) is 5.75 Å². The second kappa shape index (κ2) is 5.18. The highest BCUT2D eigenvalue weighted by Gasteiger charge is 2.43. The molecule has 2 N–H and O–H groups in total. The van der Waals surface area contributed by atoms with Crippen LogP contribution >= 0.6 is 0 Å². The van der Waals surface area contributed by atoms with E-state index in [1.54, 1.807) is 18.2 Å². The third-order valence-corrected chi connectivity index (χ3v) is 2.25. The molecule has 0 aliphatic heterocycles. The summed E-state index contributed by atoms with van der Waals surface area (Å²) in [5.74, 6) is -2.25. The Balaban J connectivity index is 2.65. The Morgan fingerprint density at radius 1 is 1.29 bits per heavy atom. The first-order chi connectivity index (χ1) is 7.82. The van der Waals surface area contributed by atoms with Crippen molar-refractivity contribution in [3.05, 3.63) is 30.3 Å². The first-order valence-corrected chi connectivity index (χ1v) is 4.91. The van der Waals surface area contributed by atoms with Crippen molar-refractivity contribution >= 4 is 5.97 Å². The zero-order valence-electron chi connectivity index (χ0n) is 9.07. The number of hydrogen-bond acceptors (Lipinski definition) is 3. The van der Waals surface area contributed by atoms with E-state index in [0.29, 0.717) is 0 Å². The number of nitrogens with two attached hydrogens (primary N) is 1. The predicted octanol–water partition coefficient (Wildman–Crippen LogP) is 2.12. The second-order valence-electron chi connectivity index (χ2n) is 3.59. The van der Waals surface area contributed by atoms with Crippen LogP contribution in [0, 0.1) is 5.92 Å². The van der Waals surface area contributed by atoms with Gasteiger partial charge in [-0.15, -0.1) is 0 Å². The minimum absolute atomic E-state index is 0.193. The third kappa shape index (κ3) is 3.74. The number of halogens is 3. The molecule has 1 aromatic carbocycles. The quantitative estimate of drug-likeness (QED) is 0.657. The Morgan fingerprint density at radius 2 is 1.82 bits per heavy atom. The minimum Gasteiger partial charge on any atom is -0.426 e. The van der Waals surface area contributed by atoms with Crippen LogP contribution in [0.3, 0.4) is 0 Å². The lowest BCUT2D eigenvalue weighted by atomic mass is 10.0. The molecule has 6 heteroatoms. The third-order valence-electron chi connectivity index (χ3n) is 2.25. The highest BCUT2D eigenvalue weighted by atomic mass is 19.4. The monoisotopic (exact) mass is 247 g/mol. The molecule has 0 radical (unpaired) electrons. The number of carbonyl (C=O) groups is 1. The van der Waals surface area contributed by atoms with Gasteiger partial charge in [-0.05, 0) is 12.1 Å². The van der Waals surface area contributed by atoms with Crippen molar-refractivity contribution < 1.29 is 22.7 Å². The molecule has 94 valence electrons. The summed E-state index contributed by atoms with van der Waals surface area (Å²) in [6.07, 6.45) is -4.62. The van der Waals surface area contributed by atoms with Gasteiger partial charge in [0.2, 0.25) is 0 Å². The van der Waals surface area contributed by atoms with Crippen molar-refractivity contribution in [3.8, 4) is 5.75 Å². The van der Waals surface area contributed by atoms with Gasteiger partial charge >= 0.3 is 12.1 Å². The van der Waals surface area contributed by atoms with Gasteiger partial charge in [-0.25, -0.2) is 0 Å². The van der Waals surface area contributed by atoms with Gasteiger partial charge in [-0.3, -0.25) is 4.79 Å². The van der Waals surface area contributed by atoms with Gasteiger partial charge < -0.3 is 10.5 Å². The molecule has 0 aromatic heterocycles. The largest absolute Gasteiger partial charge is 0.426 e. The lowest BCUT2D eigenvalue weighted by Gasteiger charge is -2.20. The summed E-state index contributed by atoms with van der Waals surface area (Å²) >= 11 is 0. The molecule has 0 amide bonds. The van der Waals surface area contributed by atoms with Gasteiger partial charge in [-0.2, -0.15) is 13.2 Å². The summed E-state index contributed by atoms with van der Waals surface area (Å²) < 4.78 is 41.6. The number of carbonyl (C=O) groups excluding carboxylic acids is 1. The van der Waals surface area contributed by atoms with E-state index in [4.69, 9.17) is 10.5 Å². The maximum absolute atomic E-state index is 12.3. The highest BCUT2D eigenvalue weighted by molar-refractivity contribution is 5.75. The van der Waals surface area contributed by atoms with Crippen LogP contribution in [0.2, 0.25) is 0 Å².